The second-order valence-electron chi connectivity index (χ2n) is 32.7. The second kappa shape index (κ2) is 45.8. The lowest BCUT2D eigenvalue weighted by Crippen LogP contribution is -2.69. The molecule has 4 heterocycles. The summed E-state index contributed by atoms with van der Waals surface area (Å²) in [6, 6.07) is 10.2. The molecule has 16 atom stereocenters. The maximum Gasteiger partial charge on any atom is 0.643 e. The molecule has 0 aromatic rings. The Morgan fingerprint density at radius 2 is 0.624 bits per heavy atom. The van der Waals surface area contributed by atoms with Gasteiger partial charge in [-0.25, -0.2) is 0 Å². The number of hydrogen-bond acceptors (Lipinski definition) is 24. The third kappa shape index (κ3) is 45.0. The zero-order valence-electron chi connectivity index (χ0n) is 70.4. The average molecular weight is 1880 g/mol. The largest absolute Gasteiger partial charge is 0.643 e. The Morgan fingerprint density at radius 3 is 1.04 bits per heavy atom. The zero-order valence-corrected chi connectivity index (χ0v) is 99.3. The number of hydrogen-bond donors (Lipinski definition) is 0. The first-order valence-corrected chi connectivity index (χ1v) is 99.1. The highest BCUT2D eigenvalue weighted by molar-refractivity contribution is 6.94. The van der Waals surface area contributed by atoms with Crippen molar-refractivity contribution in [1.82, 2.24) is 0 Å². The van der Waals surface area contributed by atoms with Gasteiger partial charge in [-0.2, -0.15) is 0 Å². The zero-order chi connectivity index (χ0) is 77.6. The Hall–Kier alpha value is 4.68. The van der Waals surface area contributed by atoms with Gasteiger partial charge in [-0.05, 0) is 283 Å². The fraction of sp³-hybridized carbons (Fsp3) is 1.00. The number of rotatable bonds is 36. The van der Waals surface area contributed by atoms with E-state index in [4.69, 9.17) is 99.7 Å². The predicted molar refractivity (Wildman–Crippen MR) is 478 cm³/mol. The Labute approximate surface area is 655 Å². The predicted octanol–water partition coefficient (Wildman–Crippen LogP) is 9.71. The van der Waals surface area contributed by atoms with Crippen molar-refractivity contribution in [2.45, 2.75) is 329 Å². The van der Waals surface area contributed by atoms with Crippen LogP contribution >= 0.6 is 0 Å². The molecule has 0 N–H and O–H groups in total. The van der Waals surface area contributed by atoms with Crippen LogP contribution < -0.4 is 0 Å². The van der Waals surface area contributed by atoms with E-state index in [0.717, 1.165) is 72.2 Å². The average Bonchev–Trinajstić information content (AvgIpc) is 0.774. The van der Waals surface area contributed by atoms with Gasteiger partial charge in [0.1, 0.15) is 0 Å². The Morgan fingerprint density at radius 1 is 0.307 bits per heavy atom. The minimum absolute atomic E-state index is 0.134. The van der Waals surface area contributed by atoms with Crippen LogP contribution in [0, 0.1) is 0 Å². The molecule has 0 amide bonds. The summed E-state index contributed by atoms with van der Waals surface area (Å²) in [5.41, 5.74) is 1.15. The highest BCUT2D eigenvalue weighted by atomic mass is 28.6. The molecule has 4 aliphatic heterocycles. The molecule has 4 aliphatic rings. The van der Waals surface area contributed by atoms with Crippen LogP contribution in [0.5, 0.6) is 0 Å². The molecule has 0 aliphatic carbocycles. The lowest BCUT2D eigenvalue weighted by Gasteiger charge is -2.46. The lowest BCUT2D eigenvalue weighted by molar-refractivity contribution is 0.106. The molecule has 50 heteroatoms. The van der Waals surface area contributed by atoms with E-state index in [9.17, 15) is 0 Å². The summed E-state index contributed by atoms with van der Waals surface area (Å²) >= 11 is 0. The fourth-order valence-corrected chi connectivity index (χ4v) is 121. The van der Waals surface area contributed by atoms with Crippen molar-refractivity contribution in [2.24, 2.45) is 0 Å². The Bertz CT molecular complexity index is 2060. The summed E-state index contributed by atoms with van der Waals surface area (Å²) in [6.45, 7) is 77.6. The van der Waals surface area contributed by atoms with Crippen LogP contribution in [0.2, 0.25) is 262 Å². The summed E-state index contributed by atoms with van der Waals surface area (Å²) < 4.78 is 166. The van der Waals surface area contributed by atoms with Crippen molar-refractivity contribution in [3.63, 3.8) is 0 Å². The van der Waals surface area contributed by atoms with Gasteiger partial charge in [0.05, 0.1) is 0 Å². The van der Waals surface area contributed by atoms with Crippen LogP contribution in [-0.2, 0) is 99.7 Å². The molecular weight excluding hydrogens is 1730 g/mol. The van der Waals surface area contributed by atoms with Crippen LogP contribution in [0.4, 0.5) is 0 Å². The van der Waals surface area contributed by atoms with E-state index in [0.29, 0.717) is 0 Å². The first-order valence-electron chi connectivity index (χ1n) is 38.1. The minimum Gasteiger partial charge on any atom is -0.442 e. The quantitative estimate of drug-likeness (QED) is 0.0421. The van der Waals surface area contributed by atoms with Gasteiger partial charge in [0.15, 0.2) is 78.5 Å². The maximum atomic E-state index is 7.65. The van der Waals surface area contributed by atoms with Crippen molar-refractivity contribution in [1.29, 1.82) is 0 Å². The summed E-state index contributed by atoms with van der Waals surface area (Å²) in [5.74, 6) is 0. The molecule has 0 bridgehead atoms. The first kappa shape index (κ1) is 102. The summed E-state index contributed by atoms with van der Waals surface area (Å²) in [5, 5.41) is 0. The molecule has 101 heavy (non-hydrogen) atoms. The molecular formula is C51H152O24Si26. The van der Waals surface area contributed by atoms with E-state index in [1.807, 2.05) is 27.7 Å². The van der Waals surface area contributed by atoms with Gasteiger partial charge >= 0.3 is 97.5 Å². The molecule has 0 aromatic carbocycles. The molecule has 4 saturated heterocycles. The van der Waals surface area contributed by atoms with E-state index in [2.05, 4.69) is 211 Å². The second-order valence-corrected chi connectivity index (χ2v) is 111. The Balaban J connectivity index is 0.00000851. The monoisotopic (exact) mass is 1880 g/mol. The van der Waals surface area contributed by atoms with Gasteiger partial charge in [-0.15, -0.1) is 0 Å². The Kier molecular flexibility index (Phi) is 46.2. The maximum absolute atomic E-state index is 7.65. The molecule has 0 saturated carbocycles. The van der Waals surface area contributed by atoms with Gasteiger partial charge in [-0.1, -0.05) is 27.7 Å². The van der Waals surface area contributed by atoms with E-state index >= 15 is 0 Å². The van der Waals surface area contributed by atoms with Gasteiger partial charge in [-0.3, -0.25) is 0 Å². The van der Waals surface area contributed by atoms with E-state index < -0.39 is 233 Å². The SMILES string of the molecule is CC.CC.CC1C[SiH](CC[Si](C)(C)O[Si](C)(C)O[Si](C)(C)O[Si](O[SiH2]O[SiH2]O[Si](C)(C)CC[SiH]2O[SiH](C)C[SiH](C)O[SiH](C)O2)(O[Si](C)(C)O[Si](C)(C)O[Si](C)(C)CC[SiH]2OC(C)C[SiH](C)O[SiH](C)O2)O[Si](C)(C)O[Si](C)(C)O[Si](C)(C)CC[SiH]2OC(C)C[SiH](C)O[SiH](C)O2)O[SiH](C)O[SiH](C)O1. The van der Waals surface area contributed by atoms with E-state index in [-0.39, 0.29) is 18.3 Å². The summed E-state index contributed by atoms with van der Waals surface area (Å²) in [4.78, 5) is 0. The van der Waals surface area contributed by atoms with Crippen LogP contribution in [0.25, 0.3) is 0 Å². The molecule has 0 spiro atoms. The van der Waals surface area contributed by atoms with Crippen molar-refractivity contribution in [3.05, 3.63) is 0 Å². The third-order valence-electron chi connectivity index (χ3n) is 16.3. The van der Waals surface area contributed by atoms with Crippen LogP contribution in [0.3, 0.4) is 0 Å². The lowest BCUT2D eigenvalue weighted by atomic mass is 10.5. The smallest absolute Gasteiger partial charge is 0.442 e. The molecule has 4 fully saturated rings. The van der Waals surface area contributed by atoms with Crippen molar-refractivity contribution in [3.8, 4) is 0 Å². The molecule has 0 radical (unpaired) electrons. The highest BCUT2D eigenvalue weighted by Gasteiger charge is 2.61. The standard InChI is InChI=1S/C47H140O24Si26.2C2H6/c1-45-41-74(4)54-79(9)60-84(49-45)34-39-89(17,18)64-92(23,24)67-95(29,30)70-97(53-73-51-72-52-87(13,14)38-36-86-57-77(7)44-76(6)56-81(11)62-86,69-94(27,28)66-91(21,22)63-88(15,16)37-33-83-43-47(3)48-78(8)58-82(12)59-83)71-96(31,32)68-93(25,26)65-90(19,20)40-35-85-50-46(2)42-75(5)55-80(10)61-85;2*1-2/h45-47,74-86H,33-44,72-73H2,1-32H3;2*1-2H3. The summed E-state index contributed by atoms with van der Waals surface area (Å²) in [7, 11) is -58.0. The molecule has 24 nitrogen and oxygen atoms in total. The van der Waals surface area contributed by atoms with Crippen LogP contribution in [0.15, 0.2) is 0 Å². The minimum atomic E-state index is -4.50. The van der Waals surface area contributed by atoms with Crippen LogP contribution in [-0.4, -0.2) is 251 Å². The highest BCUT2D eigenvalue weighted by Crippen LogP contribution is 2.36. The van der Waals surface area contributed by atoms with Gasteiger partial charge < -0.3 is 99.7 Å². The van der Waals surface area contributed by atoms with Gasteiger partial charge in [0.25, 0.3) is 57.1 Å². The van der Waals surface area contributed by atoms with E-state index in [1.165, 1.54) is 0 Å². The molecule has 0 aromatic heterocycles. The van der Waals surface area contributed by atoms with Crippen LogP contribution in [0.1, 0.15) is 48.5 Å². The topological polar surface area (TPSA) is 222 Å². The normalized spacial score (nSPS) is 30.5. The van der Waals surface area contributed by atoms with Crippen molar-refractivity contribution < 1.29 is 99.7 Å². The van der Waals surface area contributed by atoms with Crippen molar-refractivity contribution in [2.75, 3.05) is 0 Å². The van der Waals surface area contributed by atoms with E-state index in [1.54, 1.807) is 0 Å². The first-order chi connectivity index (χ1) is 46.1. The molecule has 4 rings (SSSR count). The third-order valence-corrected chi connectivity index (χ3v) is 107. The molecule has 16 unspecified atom stereocenters. The fourth-order valence-electron chi connectivity index (χ4n) is 13.8. The van der Waals surface area contributed by atoms with Gasteiger partial charge in [0.2, 0.25) is 0 Å². The molecule has 604 valence electrons. The summed E-state index contributed by atoms with van der Waals surface area (Å²) in [6.07, 6.45) is 0.403. The van der Waals surface area contributed by atoms with Crippen molar-refractivity contribution >= 4 is 233 Å². The van der Waals surface area contributed by atoms with Gasteiger partial charge in [0, 0.05) is 18.3 Å².